The second-order valence-corrected chi connectivity index (χ2v) is 9.01. The number of aromatic nitrogens is 2. The van der Waals surface area contributed by atoms with Crippen LogP contribution < -0.4 is 10.5 Å². The van der Waals surface area contributed by atoms with Crippen LogP contribution in [0.3, 0.4) is 0 Å². The van der Waals surface area contributed by atoms with Crippen LogP contribution in [0.25, 0.3) is 22.2 Å². The number of unbranched alkanes of at least 4 members (excludes halogenated alkanes) is 2. The minimum Gasteiger partial charge on any atom is -0.496 e. The number of methoxy groups -OCH3 is 1. The molecule has 1 aliphatic rings. The molecule has 0 saturated heterocycles. The van der Waals surface area contributed by atoms with Crippen molar-refractivity contribution < 1.29 is 13.9 Å². The number of aryl methyl sites for hydroxylation is 1. The molecule has 6 heteroatoms. The van der Waals surface area contributed by atoms with Crippen LogP contribution in [0, 0.1) is 12.8 Å². The smallest absolute Gasteiger partial charge is 0.211 e. The van der Waals surface area contributed by atoms with Crippen LogP contribution in [0.4, 0.5) is 0 Å². The van der Waals surface area contributed by atoms with E-state index in [4.69, 9.17) is 14.9 Å². The lowest BCUT2D eigenvalue weighted by molar-refractivity contribution is -0.120. The summed E-state index contributed by atoms with van der Waals surface area (Å²) < 4.78 is 11.6. The molecule has 0 aliphatic heterocycles. The van der Waals surface area contributed by atoms with Gasteiger partial charge in [-0.1, -0.05) is 38.2 Å². The van der Waals surface area contributed by atoms with Gasteiger partial charge in [0.1, 0.15) is 11.5 Å². The van der Waals surface area contributed by atoms with Gasteiger partial charge in [-0.25, -0.2) is 4.98 Å². The third kappa shape index (κ3) is 5.36. The van der Waals surface area contributed by atoms with Crippen molar-refractivity contribution in [1.82, 2.24) is 9.97 Å². The Morgan fingerprint density at radius 1 is 1.25 bits per heavy atom. The molecule has 170 valence electrons. The molecular weight excluding hydrogens is 402 g/mol. The molecule has 1 aromatic carbocycles. The molecule has 32 heavy (non-hydrogen) atoms. The maximum absolute atomic E-state index is 12.0. The number of carbonyl (C=O) groups is 1. The summed E-state index contributed by atoms with van der Waals surface area (Å²) >= 11 is 0. The predicted octanol–water partition coefficient (Wildman–Crippen LogP) is 5.92. The zero-order valence-corrected chi connectivity index (χ0v) is 19.1. The molecule has 6 nitrogen and oxygen atoms in total. The number of pyridine rings is 1. The van der Waals surface area contributed by atoms with Crippen molar-refractivity contribution >= 4 is 16.7 Å². The predicted molar refractivity (Wildman–Crippen MR) is 126 cm³/mol. The Labute approximate surface area is 189 Å². The topological polar surface area (TPSA) is 91.2 Å². The summed E-state index contributed by atoms with van der Waals surface area (Å²) in [7, 11) is 1.64. The van der Waals surface area contributed by atoms with Gasteiger partial charge in [-0.15, -0.1) is 0 Å². The fraction of sp³-hybridized carbons (Fsp3) is 0.500. The second kappa shape index (κ2) is 10.3. The summed E-state index contributed by atoms with van der Waals surface area (Å²) in [5.41, 5.74) is 9.01. The summed E-state index contributed by atoms with van der Waals surface area (Å²) in [5, 5.41) is 1.01. The molecule has 1 aliphatic carbocycles. The molecule has 0 spiro atoms. The average Bonchev–Trinajstić information content (AvgIpc) is 3.25. The maximum atomic E-state index is 12.0. The summed E-state index contributed by atoms with van der Waals surface area (Å²) in [6.45, 7) is 1.97. The van der Waals surface area contributed by atoms with E-state index in [1.54, 1.807) is 13.3 Å². The van der Waals surface area contributed by atoms with E-state index in [0.717, 1.165) is 54.3 Å². The van der Waals surface area contributed by atoms with Gasteiger partial charge in [0.25, 0.3) is 0 Å². The lowest BCUT2D eigenvalue weighted by Gasteiger charge is -2.24. The molecule has 2 aromatic heterocycles. The summed E-state index contributed by atoms with van der Waals surface area (Å²) in [4.78, 5) is 21.0. The Kier molecular flexibility index (Phi) is 7.20. The first-order valence-corrected chi connectivity index (χ1v) is 11.7. The lowest BCUT2D eigenvalue weighted by Crippen LogP contribution is -2.15. The highest BCUT2D eigenvalue weighted by Gasteiger charge is 2.20. The third-order valence-electron chi connectivity index (χ3n) is 6.47. The van der Waals surface area contributed by atoms with E-state index in [2.05, 4.69) is 9.97 Å². The van der Waals surface area contributed by atoms with Crippen molar-refractivity contribution in [2.45, 2.75) is 70.8 Å². The van der Waals surface area contributed by atoms with Crippen molar-refractivity contribution in [2.24, 2.45) is 11.7 Å². The number of oxazole rings is 1. The number of carbonyl (C=O) groups excluding carboxylic acids is 1. The van der Waals surface area contributed by atoms with Crippen LogP contribution >= 0.6 is 0 Å². The summed E-state index contributed by atoms with van der Waals surface area (Å²) in [5.74, 6) is 2.95. The number of hydrogen-bond donors (Lipinski definition) is 1. The van der Waals surface area contributed by atoms with Crippen LogP contribution in [0.5, 0.6) is 5.75 Å². The Hall–Kier alpha value is -2.73. The molecule has 1 saturated carbocycles. The fourth-order valence-corrected chi connectivity index (χ4v) is 4.31. The number of ketones is 1. The van der Waals surface area contributed by atoms with Crippen molar-refractivity contribution in [2.75, 3.05) is 7.11 Å². The van der Waals surface area contributed by atoms with Gasteiger partial charge in [0.2, 0.25) is 5.89 Å². The largest absolute Gasteiger partial charge is 0.496 e. The van der Waals surface area contributed by atoms with Crippen molar-refractivity contribution in [3.63, 3.8) is 0 Å². The minimum absolute atomic E-state index is 0.259. The molecule has 4 rings (SSSR count). The van der Waals surface area contributed by atoms with Crippen molar-refractivity contribution in [1.29, 1.82) is 0 Å². The first-order chi connectivity index (χ1) is 15.5. The number of Topliss-reactive ketones (excluding diaryl/α,β-unsaturated/α-hetero) is 1. The van der Waals surface area contributed by atoms with Crippen molar-refractivity contribution in [3.05, 3.63) is 42.0 Å². The first-order valence-electron chi connectivity index (χ1n) is 11.7. The molecule has 1 fully saturated rings. The lowest BCUT2D eigenvalue weighted by atomic mass is 9.81. The Bertz CT molecular complexity index is 1070. The standard InChI is InChI=1S/C26H33N3O3/c1-17-11-12-19-14-21(24(31-2)15-23(19)29-17)25-16-28-26(32-25)22(27)10-5-3-4-9-20(30)13-18-7-6-8-18/h11-12,14-16,18,22H,3-10,13,27H2,1-2H3/t22-/m0/s1. The number of nitrogens with two attached hydrogens (primary N) is 1. The molecule has 2 heterocycles. The molecule has 1 atom stereocenters. The molecular formula is C26H33N3O3. The van der Waals surface area contributed by atoms with Gasteiger partial charge in [0.15, 0.2) is 5.76 Å². The van der Waals surface area contributed by atoms with Gasteiger partial charge in [-0.05, 0) is 37.8 Å². The molecule has 0 unspecified atom stereocenters. The van der Waals surface area contributed by atoms with E-state index in [1.807, 2.05) is 31.2 Å². The van der Waals surface area contributed by atoms with Crippen molar-refractivity contribution in [3.8, 4) is 17.1 Å². The highest BCUT2D eigenvalue weighted by molar-refractivity contribution is 5.87. The molecule has 0 radical (unpaired) electrons. The van der Waals surface area contributed by atoms with Crippen LogP contribution in [-0.2, 0) is 4.79 Å². The van der Waals surface area contributed by atoms with Gasteiger partial charge in [0.05, 0.1) is 30.4 Å². The number of hydrogen-bond acceptors (Lipinski definition) is 6. The molecule has 0 amide bonds. The van der Waals surface area contributed by atoms with E-state index in [0.29, 0.717) is 35.5 Å². The van der Waals surface area contributed by atoms with E-state index < -0.39 is 0 Å². The van der Waals surface area contributed by atoms with Gasteiger partial charge >= 0.3 is 0 Å². The van der Waals surface area contributed by atoms with Crippen LogP contribution in [0.15, 0.2) is 34.9 Å². The van der Waals surface area contributed by atoms with E-state index in [9.17, 15) is 4.79 Å². The molecule has 0 bridgehead atoms. The van der Waals surface area contributed by atoms with Gasteiger partial charge in [-0.2, -0.15) is 0 Å². The van der Waals surface area contributed by atoms with E-state index >= 15 is 0 Å². The molecule has 3 aromatic rings. The average molecular weight is 436 g/mol. The normalized spacial score (nSPS) is 15.0. The zero-order valence-electron chi connectivity index (χ0n) is 19.1. The van der Waals surface area contributed by atoms with Crippen LogP contribution in [-0.4, -0.2) is 22.9 Å². The van der Waals surface area contributed by atoms with Crippen LogP contribution in [0.1, 0.15) is 75.4 Å². The minimum atomic E-state index is -0.259. The Morgan fingerprint density at radius 2 is 2.09 bits per heavy atom. The number of ether oxygens (including phenoxy) is 1. The van der Waals surface area contributed by atoms with Gasteiger partial charge in [-0.3, -0.25) is 9.78 Å². The fourth-order valence-electron chi connectivity index (χ4n) is 4.31. The Balaban J connectivity index is 1.32. The van der Waals surface area contributed by atoms with E-state index in [1.165, 1.54) is 19.3 Å². The summed E-state index contributed by atoms with van der Waals surface area (Å²) in [6, 6.07) is 7.70. The first kappa shape index (κ1) is 22.5. The number of nitrogens with zero attached hydrogens (tertiary/aromatic N) is 2. The van der Waals surface area contributed by atoms with Gasteiger partial charge in [0, 0.05) is 30.0 Å². The van der Waals surface area contributed by atoms with E-state index in [-0.39, 0.29) is 6.04 Å². The maximum Gasteiger partial charge on any atom is 0.211 e. The highest BCUT2D eigenvalue weighted by Crippen LogP contribution is 2.35. The number of fused-ring (bicyclic) bond motifs is 1. The highest BCUT2D eigenvalue weighted by atomic mass is 16.5. The number of benzene rings is 1. The number of rotatable bonds is 11. The SMILES string of the molecule is COc1cc2nc(C)ccc2cc1-c1cnc([C@@H](N)CCCCCC(=O)CC2CCC2)o1. The summed E-state index contributed by atoms with van der Waals surface area (Å²) in [6.07, 6.45) is 10.6. The zero-order chi connectivity index (χ0) is 22.5. The second-order valence-electron chi connectivity index (χ2n) is 9.01. The Morgan fingerprint density at radius 3 is 2.84 bits per heavy atom. The monoisotopic (exact) mass is 435 g/mol. The van der Waals surface area contributed by atoms with Gasteiger partial charge < -0.3 is 14.9 Å². The third-order valence-corrected chi connectivity index (χ3v) is 6.47. The van der Waals surface area contributed by atoms with Crippen LogP contribution in [0.2, 0.25) is 0 Å². The quantitative estimate of drug-likeness (QED) is 0.376. The molecule has 2 N–H and O–H groups in total.